The van der Waals surface area contributed by atoms with E-state index in [1.807, 2.05) is 0 Å². The van der Waals surface area contributed by atoms with Crippen LogP contribution >= 0.6 is 0 Å². The van der Waals surface area contributed by atoms with Crippen molar-refractivity contribution in [3.8, 4) is 0 Å². The van der Waals surface area contributed by atoms with Gasteiger partial charge in [-0.25, -0.2) is 0 Å². The molecule has 2 heteroatoms. The summed E-state index contributed by atoms with van der Waals surface area (Å²) in [6, 6.07) is 0. The number of aliphatic hydroxyl groups is 1. The van der Waals surface area contributed by atoms with Crippen molar-refractivity contribution in [2.45, 2.75) is 84.8 Å². The molecule has 1 unspecified atom stereocenters. The van der Waals surface area contributed by atoms with E-state index >= 15 is 0 Å². The second-order valence-corrected chi connectivity index (χ2v) is 8.05. The number of methoxy groups -OCH3 is 1. The van der Waals surface area contributed by atoms with Crippen molar-refractivity contribution in [2.24, 2.45) is 17.3 Å². The van der Waals surface area contributed by atoms with Crippen LogP contribution < -0.4 is 0 Å². The molecule has 0 aliphatic heterocycles. The van der Waals surface area contributed by atoms with E-state index in [4.69, 9.17) is 4.74 Å². The molecule has 114 valence electrons. The van der Waals surface area contributed by atoms with Gasteiger partial charge in [-0.05, 0) is 69.6 Å². The van der Waals surface area contributed by atoms with E-state index in [9.17, 15) is 5.11 Å². The molecule has 1 saturated carbocycles. The molecule has 0 bridgehead atoms. The zero-order chi connectivity index (χ0) is 14.7. The van der Waals surface area contributed by atoms with Crippen molar-refractivity contribution >= 4 is 0 Å². The first-order chi connectivity index (χ1) is 8.65. The van der Waals surface area contributed by atoms with Gasteiger partial charge in [-0.1, -0.05) is 20.8 Å². The number of hydrogen-bond acceptors (Lipinski definition) is 2. The Kier molecular flexibility index (Phi) is 5.88. The smallest absolute Gasteiger partial charge is 0.0623 e. The Balaban J connectivity index is 2.35. The molecule has 0 amide bonds. The van der Waals surface area contributed by atoms with Crippen LogP contribution in [0.4, 0.5) is 0 Å². The van der Waals surface area contributed by atoms with Gasteiger partial charge in [-0.3, -0.25) is 0 Å². The van der Waals surface area contributed by atoms with E-state index in [0.717, 1.165) is 18.8 Å². The molecule has 0 aromatic carbocycles. The first kappa shape index (κ1) is 17.0. The lowest BCUT2D eigenvalue weighted by Gasteiger charge is -2.38. The third-order valence-corrected chi connectivity index (χ3v) is 5.14. The summed E-state index contributed by atoms with van der Waals surface area (Å²) in [5.74, 6) is 1.33. The average molecular weight is 270 g/mol. The predicted octanol–water partition coefficient (Wildman–Crippen LogP) is 4.41. The SMILES string of the molecule is COC(C)(C)CCC(O)C1CCC(C(C)(C)C)CC1. The van der Waals surface area contributed by atoms with E-state index in [-0.39, 0.29) is 11.7 Å². The van der Waals surface area contributed by atoms with Gasteiger partial charge in [0, 0.05) is 7.11 Å². The maximum absolute atomic E-state index is 10.4. The molecule has 0 saturated heterocycles. The van der Waals surface area contributed by atoms with E-state index in [0.29, 0.717) is 11.3 Å². The summed E-state index contributed by atoms with van der Waals surface area (Å²) in [6.07, 6.45) is 6.59. The van der Waals surface area contributed by atoms with Crippen LogP contribution in [0.15, 0.2) is 0 Å². The summed E-state index contributed by atoms with van der Waals surface area (Å²) >= 11 is 0. The second-order valence-electron chi connectivity index (χ2n) is 8.05. The largest absolute Gasteiger partial charge is 0.393 e. The Bertz CT molecular complexity index is 257. The number of rotatable bonds is 5. The quantitative estimate of drug-likeness (QED) is 0.802. The standard InChI is InChI=1S/C17H34O2/c1-16(2,3)14-9-7-13(8-10-14)15(18)11-12-17(4,5)19-6/h13-15,18H,7-12H2,1-6H3. The summed E-state index contributed by atoms with van der Waals surface area (Å²) in [5.41, 5.74) is 0.317. The lowest BCUT2D eigenvalue weighted by Crippen LogP contribution is -2.32. The molecule has 1 aliphatic rings. The molecule has 1 atom stereocenters. The van der Waals surface area contributed by atoms with Crippen LogP contribution in [0.2, 0.25) is 0 Å². The summed E-state index contributed by atoms with van der Waals surface area (Å²) < 4.78 is 5.43. The van der Waals surface area contributed by atoms with Gasteiger partial charge >= 0.3 is 0 Å². The third kappa shape index (κ3) is 5.43. The van der Waals surface area contributed by atoms with Gasteiger partial charge in [0.05, 0.1) is 11.7 Å². The molecule has 1 aliphatic carbocycles. The number of aliphatic hydroxyl groups excluding tert-OH is 1. The van der Waals surface area contributed by atoms with Crippen LogP contribution in [0.1, 0.15) is 73.1 Å². The van der Waals surface area contributed by atoms with Gasteiger partial charge in [-0.2, -0.15) is 0 Å². The van der Waals surface area contributed by atoms with Gasteiger partial charge in [0.15, 0.2) is 0 Å². The van der Waals surface area contributed by atoms with Gasteiger partial charge in [0.2, 0.25) is 0 Å². The lowest BCUT2D eigenvalue weighted by molar-refractivity contribution is -0.0110. The minimum Gasteiger partial charge on any atom is -0.393 e. The highest BCUT2D eigenvalue weighted by molar-refractivity contribution is 4.84. The van der Waals surface area contributed by atoms with E-state index in [1.54, 1.807) is 7.11 Å². The molecule has 0 heterocycles. The van der Waals surface area contributed by atoms with Crippen LogP contribution in [-0.4, -0.2) is 23.9 Å². The molecular formula is C17H34O2. The van der Waals surface area contributed by atoms with Crippen molar-refractivity contribution in [3.05, 3.63) is 0 Å². The Morgan fingerprint density at radius 2 is 1.58 bits per heavy atom. The molecule has 0 radical (unpaired) electrons. The molecule has 0 aromatic rings. The maximum Gasteiger partial charge on any atom is 0.0623 e. The Morgan fingerprint density at radius 1 is 1.05 bits per heavy atom. The Hall–Kier alpha value is -0.0800. The third-order valence-electron chi connectivity index (χ3n) is 5.14. The molecule has 0 aromatic heterocycles. The summed E-state index contributed by atoms with van der Waals surface area (Å²) in [5, 5.41) is 10.4. The topological polar surface area (TPSA) is 29.5 Å². The lowest BCUT2D eigenvalue weighted by atomic mass is 9.68. The number of hydrogen-bond donors (Lipinski definition) is 1. The van der Waals surface area contributed by atoms with Crippen molar-refractivity contribution in [2.75, 3.05) is 7.11 Å². The fraction of sp³-hybridized carbons (Fsp3) is 1.00. The molecule has 1 rings (SSSR count). The van der Waals surface area contributed by atoms with Gasteiger partial charge < -0.3 is 9.84 Å². The van der Waals surface area contributed by atoms with Crippen molar-refractivity contribution in [1.29, 1.82) is 0 Å². The minimum absolute atomic E-state index is 0.108. The van der Waals surface area contributed by atoms with Crippen LogP contribution in [-0.2, 0) is 4.74 Å². The van der Waals surface area contributed by atoms with Crippen LogP contribution in [0.3, 0.4) is 0 Å². The molecular weight excluding hydrogens is 236 g/mol. The monoisotopic (exact) mass is 270 g/mol. The van der Waals surface area contributed by atoms with Crippen molar-refractivity contribution in [1.82, 2.24) is 0 Å². The highest BCUT2D eigenvalue weighted by atomic mass is 16.5. The average Bonchev–Trinajstić information content (AvgIpc) is 2.35. The first-order valence-corrected chi connectivity index (χ1v) is 7.89. The number of ether oxygens (including phenoxy) is 1. The van der Waals surface area contributed by atoms with Crippen molar-refractivity contribution in [3.63, 3.8) is 0 Å². The van der Waals surface area contributed by atoms with E-state index in [2.05, 4.69) is 34.6 Å². The van der Waals surface area contributed by atoms with Gasteiger partial charge in [-0.15, -0.1) is 0 Å². The fourth-order valence-electron chi connectivity index (χ4n) is 3.20. The highest BCUT2D eigenvalue weighted by Crippen LogP contribution is 2.41. The molecule has 1 fully saturated rings. The maximum atomic E-state index is 10.4. The van der Waals surface area contributed by atoms with E-state index in [1.165, 1.54) is 25.7 Å². The molecule has 19 heavy (non-hydrogen) atoms. The van der Waals surface area contributed by atoms with Crippen LogP contribution in [0.25, 0.3) is 0 Å². The normalized spacial score (nSPS) is 27.3. The minimum atomic E-state index is -0.143. The first-order valence-electron chi connectivity index (χ1n) is 7.89. The van der Waals surface area contributed by atoms with E-state index < -0.39 is 0 Å². The fourth-order valence-corrected chi connectivity index (χ4v) is 3.20. The van der Waals surface area contributed by atoms with Crippen molar-refractivity contribution < 1.29 is 9.84 Å². The molecule has 1 N–H and O–H groups in total. The Labute approximate surface area is 119 Å². The molecule has 2 nitrogen and oxygen atoms in total. The summed E-state index contributed by atoms with van der Waals surface area (Å²) in [7, 11) is 1.75. The zero-order valence-electron chi connectivity index (χ0n) is 13.8. The predicted molar refractivity (Wildman–Crippen MR) is 81.2 cm³/mol. The van der Waals surface area contributed by atoms with Gasteiger partial charge in [0.1, 0.15) is 0 Å². The second kappa shape index (κ2) is 6.58. The molecule has 0 spiro atoms. The Morgan fingerprint density at radius 3 is 2.00 bits per heavy atom. The zero-order valence-corrected chi connectivity index (χ0v) is 13.8. The van der Waals surface area contributed by atoms with Crippen LogP contribution in [0.5, 0.6) is 0 Å². The van der Waals surface area contributed by atoms with Crippen LogP contribution in [0, 0.1) is 17.3 Å². The summed E-state index contributed by atoms with van der Waals surface area (Å²) in [6.45, 7) is 11.2. The summed E-state index contributed by atoms with van der Waals surface area (Å²) in [4.78, 5) is 0. The van der Waals surface area contributed by atoms with Gasteiger partial charge in [0.25, 0.3) is 0 Å². The highest BCUT2D eigenvalue weighted by Gasteiger charge is 2.32.